The largest absolute Gasteiger partial charge is 0.444 e. The van der Waals surface area contributed by atoms with Crippen molar-refractivity contribution in [1.82, 2.24) is 15.2 Å². The second-order valence-corrected chi connectivity index (χ2v) is 14.4. The van der Waals surface area contributed by atoms with E-state index < -0.39 is 11.3 Å². The number of carbonyl (C=O) groups is 2. The molecule has 0 radical (unpaired) electrons. The summed E-state index contributed by atoms with van der Waals surface area (Å²) in [6, 6.07) is -0.367. The van der Waals surface area contributed by atoms with Gasteiger partial charge >= 0.3 is 6.09 Å². The van der Waals surface area contributed by atoms with Crippen molar-refractivity contribution in [3.05, 3.63) is 16.6 Å². The Labute approximate surface area is 278 Å². The molecule has 10 heteroatoms. The first-order valence-electron chi connectivity index (χ1n) is 17.8. The van der Waals surface area contributed by atoms with E-state index in [9.17, 15) is 14.0 Å². The third-order valence-corrected chi connectivity index (χ3v) is 9.11. The van der Waals surface area contributed by atoms with Crippen LogP contribution in [0.25, 0.3) is 0 Å². The molecule has 1 aromatic heterocycles. The van der Waals surface area contributed by atoms with Crippen molar-refractivity contribution in [1.29, 1.82) is 0 Å². The molecule has 262 valence electrons. The number of likely N-dealkylation sites (tertiary alicyclic amines) is 1. The van der Waals surface area contributed by atoms with Crippen molar-refractivity contribution >= 4 is 23.3 Å². The van der Waals surface area contributed by atoms with E-state index in [1.807, 2.05) is 20.8 Å². The van der Waals surface area contributed by atoms with Crippen molar-refractivity contribution < 1.29 is 18.7 Å². The van der Waals surface area contributed by atoms with Crippen LogP contribution in [0.4, 0.5) is 9.18 Å². The van der Waals surface area contributed by atoms with Crippen molar-refractivity contribution in [3.63, 3.8) is 0 Å². The molecule has 0 aliphatic carbocycles. The summed E-state index contributed by atoms with van der Waals surface area (Å²) in [6.45, 7) is 9.92. The molecule has 2 amide bonds. The van der Waals surface area contributed by atoms with E-state index in [0.29, 0.717) is 24.6 Å². The Bertz CT molecular complexity index is 873. The molecular weight excluding hydrogens is 589 g/mol. The van der Waals surface area contributed by atoms with Gasteiger partial charge in [-0.15, -0.1) is 11.3 Å². The van der Waals surface area contributed by atoms with Gasteiger partial charge in [0, 0.05) is 44.1 Å². The highest BCUT2D eigenvalue weighted by molar-refractivity contribution is 7.09. The first-order chi connectivity index (χ1) is 21.5. The van der Waals surface area contributed by atoms with Crippen LogP contribution in [0.2, 0.25) is 0 Å². The lowest BCUT2D eigenvalue weighted by Crippen LogP contribution is -2.45. The Balaban J connectivity index is 0.000000469. The average molecular weight is 656 g/mol. The maximum absolute atomic E-state index is 14.7. The second-order valence-electron chi connectivity index (χ2n) is 13.5. The number of thiazole rings is 1. The van der Waals surface area contributed by atoms with Crippen LogP contribution in [0.1, 0.15) is 155 Å². The van der Waals surface area contributed by atoms with Crippen LogP contribution in [0.15, 0.2) is 11.6 Å². The maximum Gasteiger partial charge on any atom is 0.410 e. The average Bonchev–Trinajstić information content (AvgIpc) is 3.55. The van der Waals surface area contributed by atoms with Gasteiger partial charge in [0.2, 0.25) is 5.91 Å². The minimum atomic E-state index is -1.40. The molecule has 5 N–H and O–H groups in total. The van der Waals surface area contributed by atoms with Gasteiger partial charge < -0.3 is 26.4 Å². The third-order valence-electron chi connectivity index (χ3n) is 8.16. The molecule has 0 saturated carbocycles. The summed E-state index contributed by atoms with van der Waals surface area (Å²) in [5.74, 6) is -0.00304. The van der Waals surface area contributed by atoms with Crippen molar-refractivity contribution in [2.45, 2.75) is 167 Å². The van der Waals surface area contributed by atoms with Gasteiger partial charge in [-0.3, -0.25) is 4.79 Å². The number of alkyl halides is 1. The van der Waals surface area contributed by atoms with Gasteiger partial charge in [0.25, 0.3) is 0 Å². The Hall–Kier alpha value is -1.78. The van der Waals surface area contributed by atoms with Crippen LogP contribution >= 0.6 is 11.3 Å². The number of nitrogens with two attached hydrogens (primary N) is 2. The molecule has 0 spiro atoms. The van der Waals surface area contributed by atoms with Crippen LogP contribution < -0.4 is 16.8 Å². The van der Waals surface area contributed by atoms with Crippen molar-refractivity contribution in [2.24, 2.45) is 11.5 Å². The van der Waals surface area contributed by atoms with Crippen LogP contribution in [0.5, 0.6) is 0 Å². The first kappa shape index (κ1) is 41.2. The zero-order valence-corrected chi connectivity index (χ0v) is 29.9. The lowest BCUT2D eigenvalue weighted by Gasteiger charge is -2.35. The molecule has 1 atom stereocenters. The molecule has 2 heterocycles. The van der Waals surface area contributed by atoms with E-state index in [-0.39, 0.29) is 30.9 Å². The molecule has 2 rings (SSSR count). The van der Waals surface area contributed by atoms with Crippen molar-refractivity contribution in [3.8, 4) is 0 Å². The van der Waals surface area contributed by atoms with Crippen LogP contribution in [-0.4, -0.2) is 59.7 Å². The second kappa shape index (κ2) is 24.4. The van der Waals surface area contributed by atoms with Gasteiger partial charge in [-0.05, 0) is 46.6 Å². The van der Waals surface area contributed by atoms with E-state index in [0.717, 1.165) is 32.2 Å². The normalized spacial score (nSPS) is 15.2. The number of hydrogen-bond donors (Lipinski definition) is 3. The highest BCUT2D eigenvalue weighted by atomic mass is 32.1. The molecule has 1 saturated heterocycles. The maximum atomic E-state index is 14.7. The predicted octanol–water partition coefficient (Wildman–Crippen LogP) is 8.38. The molecule has 1 aliphatic heterocycles. The molecule has 0 bridgehead atoms. The van der Waals surface area contributed by atoms with E-state index in [1.54, 1.807) is 16.5 Å². The Morgan fingerprint density at radius 3 is 1.96 bits per heavy atom. The minimum absolute atomic E-state index is 0.00304. The number of halogens is 1. The molecule has 8 nitrogen and oxygen atoms in total. The number of hydrogen-bond acceptors (Lipinski definition) is 7. The van der Waals surface area contributed by atoms with Crippen molar-refractivity contribution in [2.75, 3.05) is 26.2 Å². The van der Waals surface area contributed by atoms with Gasteiger partial charge in [-0.1, -0.05) is 96.8 Å². The fourth-order valence-electron chi connectivity index (χ4n) is 5.33. The lowest BCUT2D eigenvalue weighted by atomic mass is 9.94. The van der Waals surface area contributed by atoms with Gasteiger partial charge in [0.1, 0.15) is 10.6 Å². The zero-order chi connectivity index (χ0) is 33.4. The fourth-order valence-corrected chi connectivity index (χ4v) is 6.12. The Kier molecular flexibility index (Phi) is 22.4. The summed E-state index contributed by atoms with van der Waals surface area (Å²) in [5.41, 5.74) is 9.40. The minimum Gasteiger partial charge on any atom is -0.444 e. The number of ether oxygens (including phenoxy) is 1. The van der Waals surface area contributed by atoms with Crippen LogP contribution in [0, 0.1) is 0 Å². The highest BCUT2D eigenvalue weighted by Gasteiger charge is 2.40. The molecule has 1 fully saturated rings. The van der Waals surface area contributed by atoms with E-state index in [4.69, 9.17) is 16.2 Å². The summed E-state index contributed by atoms with van der Waals surface area (Å²) < 4.78 is 20.0. The Morgan fingerprint density at radius 1 is 0.956 bits per heavy atom. The molecule has 0 unspecified atom stereocenters. The standard InChI is InChI=1S/C22H47N3O.C13H19FN2O2S/c1-2-3-4-5-6-7-8-9-10-11-12-13-14-17-20-25-22(26)21(24)18-15-16-19-23;1-12(2,3)18-11(17)16-7-4-13(14,5-8-16)10-15-6-9-19-10/h21H,2-20,23-24H2,1H3,(H,25,26);6,9H,4-5,7-8H2,1-3H3/t21-;/m0./s1. The van der Waals surface area contributed by atoms with Gasteiger partial charge in [-0.2, -0.15) is 0 Å². The molecular formula is C35H66FN5O3S. The fraction of sp³-hybridized carbons (Fsp3) is 0.857. The van der Waals surface area contributed by atoms with Gasteiger partial charge in [-0.25, -0.2) is 14.2 Å². The van der Waals surface area contributed by atoms with E-state index >= 15 is 0 Å². The number of rotatable bonds is 21. The van der Waals surface area contributed by atoms with Gasteiger partial charge in [0.05, 0.1) is 6.04 Å². The smallest absolute Gasteiger partial charge is 0.410 e. The molecule has 1 aromatic rings. The number of amides is 2. The van der Waals surface area contributed by atoms with Crippen LogP contribution in [0.3, 0.4) is 0 Å². The van der Waals surface area contributed by atoms with Crippen LogP contribution in [-0.2, 0) is 15.2 Å². The number of nitrogens with zero attached hydrogens (tertiary/aromatic N) is 2. The third kappa shape index (κ3) is 20.1. The number of carbonyl (C=O) groups excluding carboxylic acids is 2. The summed E-state index contributed by atoms with van der Waals surface area (Å²) in [7, 11) is 0. The van der Waals surface area contributed by atoms with E-state index in [2.05, 4.69) is 17.2 Å². The topological polar surface area (TPSA) is 124 Å². The number of nitrogens with one attached hydrogen (secondary N) is 1. The lowest BCUT2D eigenvalue weighted by molar-refractivity contribution is -0.122. The monoisotopic (exact) mass is 655 g/mol. The number of unbranched alkanes of at least 4 members (excludes halogenated alkanes) is 14. The van der Waals surface area contributed by atoms with Gasteiger partial charge in [0.15, 0.2) is 5.67 Å². The predicted molar refractivity (Wildman–Crippen MR) is 186 cm³/mol. The quantitative estimate of drug-likeness (QED) is 0.114. The van der Waals surface area contributed by atoms with E-state index in [1.165, 1.54) is 94.8 Å². The summed E-state index contributed by atoms with van der Waals surface area (Å²) >= 11 is 1.33. The number of piperidine rings is 1. The summed E-state index contributed by atoms with van der Waals surface area (Å²) in [5, 5.41) is 5.24. The molecule has 1 aliphatic rings. The first-order valence-corrected chi connectivity index (χ1v) is 18.7. The number of aromatic nitrogens is 1. The Morgan fingerprint density at radius 2 is 1.49 bits per heavy atom. The summed E-state index contributed by atoms with van der Waals surface area (Å²) in [6.07, 6.45) is 23.4. The highest BCUT2D eigenvalue weighted by Crippen LogP contribution is 2.38. The summed E-state index contributed by atoms with van der Waals surface area (Å²) in [4.78, 5) is 29.3. The zero-order valence-electron chi connectivity index (χ0n) is 29.1. The molecule has 45 heavy (non-hydrogen) atoms. The SMILES string of the molecule is CC(C)(C)OC(=O)N1CCC(F)(c2nccs2)CC1.CCCCCCCCCCCCCCCCNC(=O)[C@@H](N)CCCCN. The molecule has 0 aromatic carbocycles.